The third kappa shape index (κ3) is 7.08. The van der Waals surface area contributed by atoms with E-state index in [-0.39, 0.29) is 24.8 Å². The van der Waals surface area contributed by atoms with Crippen LogP contribution in [0.1, 0.15) is 30.0 Å². The van der Waals surface area contributed by atoms with Crippen molar-refractivity contribution < 1.29 is 9.59 Å². The first kappa shape index (κ1) is 24.8. The summed E-state index contributed by atoms with van der Waals surface area (Å²) in [5.74, 6) is -0.320. The standard InChI is InChI=1S/C27H28Cl2N2O2/c1-2-30-27(33)25(18-21-12-7-4-8-13-21)31(19-22-23(28)14-9-15-24(22)29)26(32)17-16-20-10-5-3-6-11-20/h3-15,25H,2,16-19H2,1H3,(H,30,33). The van der Waals surface area contributed by atoms with Gasteiger partial charge in [0, 0.05) is 41.5 Å². The Kier molecular flexibility index (Phi) is 9.35. The number of rotatable bonds is 10. The lowest BCUT2D eigenvalue weighted by atomic mass is 10.0. The molecule has 0 saturated heterocycles. The Morgan fingerprint density at radius 2 is 1.42 bits per heavy atom. The molecule has 0 aliphatic heterocycles. The Bertz CT molecular complexity index is 1040. The highest BCUT2D eigenvalue weighted by atomic mass is 35.5. The second-order valence-electron chi connectivity index (χ2n) is 7.81. The quantitative estimate of drug-likeness (QED) is 0.402. The molecule has 1 atom stereocenters. The van der Waals surface area contributed by atoms with Gasteiger partial charge in [0.15, 0.2) is 0 Å². The van der Waals surface area contributed by atoms with Crippen LogP contribution in [0.2, 0.25) is 10.0 Å². The van der Waals surface area contributed by atoms with Crippen molar-refractivity contribution in [3.05, 3.63) is 106 Å². The largest absolute Gasteiger partial charge is 0.355 e. The minimum atomic E-state index is -0.692. The van der Waals surface area contributed by atoms with E-state index < -0.39 is 6.04 Å². The molecule has 0 aliphatic carbocycles. The molecule has 6 heteroatoms. The molecule has 0 bridgehead atoms. The summed E-state index contributed by atoms with van der Waals surface area (Å²) >= 11 is 12.9. The van der Waals surface area contributed by atoms with Crippen molar-refractivity contribution in [1.29, 1.82) is 0 Å². The van der Waals surface area contributed by atoms with E-state index in [2.05, 4.69) is 5.32 Å². The Morgan fingerprint density at radius 3 is 2.00 bits per heavy atom. The van der Waals surface area contributed by atoms with Crippen molar-refractivity contribution in [3.8, 4) is 0 Å². The smallest absolute Gasteiger partial charge is 0.243 e. The summed E-state index contributed by atoms with van der Waals surface area (Å²) in [4.78, 5) is 28.3. The van der Waals surface area contributed by atoms with E-state index >= 15 is 0 Å². The minimum Gasteiger partial charge on any atom is -0.355 e. The van der Waals surface area contributed by atoms with Crippen LogP contribution in [0, 0.1) is 0 Å². The van der Waals surface area contributed by atoms with Crippen LogP contribution in [0.4, 0.5) is 0 Å². The van der Waals surface area contributed by atoms with E-state index in [9.17, 15) is 9.59 Å². The predicted molar refractivity (Wildman–Crippen MR) is 134 cm³/mol. The molecule has 3 aromatic rings. The number of benzene rings is 3. The number of carbonyl (C=O) groups excluding carboxylic acids is 2. The minimum absolute atomic E-state index is 0.123. The average Bonchev–Trinajstić information content (AvgIpc) is 2.83. The zero-order chi connectivity index (χ0) is 23.6. The summed E-state index contributed by atoms with van der Waals surface area (Å²) < 4.78 is 0. The fraction of sp³-hybridized carbons (Fsp3) is 0.259. The van der Waals surface area contributed by atoms with Crippen LogP contribution < -0.4 is 5.32 Å². The molecule has 0 spiro atoms. The summed E-state index contributed by atoms with van der Waals surface area (Å²) in [6, 6.07) is 24.1. The first-order valence-corrected chi connectivity index (χ1v) is 11.8. The van der Waals surface area contributed by atoms with Gasteiger partial charge < -0.3 is 10.2 Å². The van der Waals surface area contributed by atoms with Crippen LogP contribution in [0.15, 0.2) is 78.9 Å². The van der Waals surface area contributed by atoms with Crippen LogP contribution in [0.25, 0.3) is 0 Å². The first-order chi connectivity index (χ1) is 16.0. The van der Waals surface area contributed by atoms with Gasteiger partial charge in [-0.25, -0.2) is 0 Å². The van der Waals surface area contributed by atoms with E-state index in [1.54, 1.807) is 23.1 Å². The van der Waals surface area contributed by atoms with Crippen molar-refractivity contribution in [2.75, 3.05) is 6.54 Å². The monoisotopic (exact) mass is 482 g/mol. The summed E-state index contributed by atoms with van der Waals surface area (Å²) in [6.45, 7) is 2.49. The van der Waals surface area contributed by atoms with Crippen LogP contribution in [-0.2, 0) is 29.0 Å². The highest BCUT2D eigenvalue weighted by Gasteiger charge is 2.30. The number of nitrogens with zero attached hydrogens (tertiary/aromatic N) is 1. The van der Waals surface area contributed by atoms with Gasteiger partial charge in [0.1, 0.15) is 6.04 Å². The van der Waals surface area contributed by atoms with E-state index in [1.807, 2.05) is 67.6 Å². The van der Waals surface area contributed by atoms with Gasteiger partial charge >= 0.3 is 0 Å². The molecule has 0 radical (unpaired) electrons. The molecule has 0 heterocycles. The zero-order valence-corrected chi connectivity index (χ0v) is 20.1. The molecule has 172 valence electrons. The van der Waals surface area contributed by atoms with Gasteiger partial charge in [0.25, 0.3) is 0 Å². The van der Waals surface area contributed by atoms with Crippen molar-refractivity contribution in [1.82, 2.24) is 10.2 Å². The fourth-order valence-corrected chi connectivity index (χ4v) is 4.26. The Morgan fingerprint density at radius 1 is 0.848 bits per heavy atom. The van der Waals surface area contributed by atoms with Crippen LogP contribution in [-0.4, -0.2) is 29.3 Å². The summed E-state index contributed by atoms with van der Waals surface area (Å²) in [7, 11) is 0. The van der Waals surface area contributed by atoms with Gasteiger partial charge in [-0.15, -0.1) is 0 Å². The third-order valence-electron chi connectivity index (χ3n) is 5.48. The molecule has 0 aromatic heterocycles. The molecule has 0 saturated carbocycles. The molecule has 1 unspecified atom stereocenters. The maximum Gasteiger partial charge on any atom is 0.243 e. The van der Waals surface area contributed by atoms with Crippen LogP contribution >= 0.6 is 23.2 Å². The van der Waals surface area contributed by atoms with Gasteiger partial charge in [0.05, 0.1) is 0 Å². The lowest BCUT2D eigenvalue weighted by Gasteiger charge is -2.32. The van der Waals surface area contributed by atoms with E-state index in [4.69, 9.17) is 23.2 Å². The zero-order valence-electron chi connectivity index (χ0n) is 18.6. The van der Waals surface area contributed by atoms with E-state index in [0.717, 1.165) is 11.1 Å². The molecule has 3 rings (SSSR count). The number of aryl methyl sites for hydroxylation is 1. The maximum atomic E-state index is 13.5. The average molecular weight is 483 g/mol. The number of amides is 2. The Hall–Kier alpha value is -2.82. The lowest BCUT2D eigenvalue weighted by Crippen LogP contribution is -2.50. The topological polar surface area (TPSA) is 49.4 Å². The summed E-state index contributed by atoms with van der Waals surface area (Å²) in [6.07, 6.45) is 1.25. The van der Waals surface area contributed by atoms with Crippen molar-refractivity contribution >= 4 is 35.0 Å². The SMILES string of the molecule is CCNC(=O)C(Cc1ccccc1)N(Cc1c(Cl)cccc1Cl)C(=O)CCc1ccccc1. The molecule has 33 heavy (non-hydrogen) atoms. The lowest BCUT2D eigenvalue weighted by molar-refractivity contribution is -0.141. The van der Waals surface area contributed by atoms with Gasteiger partial charge in [-0.1, -0.05) is 89.9 Å². The molecule has 1 N–H and O–H groups in total. The number of halogens is 2. The predicted octanol–water partition coefficient (Wildman–Crippen LogP) is 5.70. The van der Waals surface area contributed by atoms with Gasteiger partial charge in [-0.3, -0.25) is 9.59 Å². The molecular weight excluding hydrogens is 455 g/mol. The summed E-state index contributed by atoms with van der Waals surface area (Å²) in [5.41, 5.74) is 2.68. The molecule has 0 aliphatic rings. The number of carbonyl (C=O) groups is 2. The normalized spacial score (nSPS) is 11.6. The van der Waals surface area contributed by atoms with Gasteiger partial charge in [0.2, 0.25) is 11.8 Å². The van der Waals surface area contributed by atoms with Crippen molar-refractivity contribution in [2.45, 2.75) is 38.8 Å². The Balaban J connectivity index is 1.93. The second kappa shape index (κ2) is 12.4. The van der Waals surface area contributed by atoms with E-state index in [0.29, 0.717) is 35.0 Å². The van der Waals surface area contributed by atoms with Crippen molar-refractivity contribution in [2.24, 2.45) is 0 Å². The molecule has 0 fully saturated rings. The number of hydrogen-bond acceptors (Lipinski definition) is 2. The number of hydrogen-bond donors (Lipinski definition) is 1. The van der Waals surface area contributed by atoms with E-state index in [1.165, 1.54) is 0 Å². The molecule has 2 amide bonds. The fourth-order valence-electron chi connectivity index (χ4n) is 3.74. The highest BCUT2D eigenvalue weighted by molar-refractivity contribution is 6.36. The molecule has 3 aromatic carbocycles. The maximum absolute atomic E-state index is 13.5. The molecular formula is C27H28Cl2N2O2. The number of nitrogens with one attached hydrogen (secondary N) is 1. The van der Waals surface area contributed by atoms with Gasteiger partial charge in [-0.2, -0.15) is 0 Å². The highest BCUT2D eigenvalue weighted by Crippen LogP contribution is 2.27. The van der Waals surface area contributed by atoms with Crippen molar-refractivity contribution in [3.63, 3.8) is 0 Å². The Labute approximate surface area is 205 Å². The first-order valence-electron chi connectivity index (χ1n) is 11.1. The van der Waals surface area contributed by atoms with Crippen LogP contribution in [0.5, 0.6) is 0 Å². The molecule has 4 nitrogen and oxygen atoms in total. The third-order valence-corrected chi connectivity index (χ3v) is 6.19. The second-order valence-corrected chi connectivity index (χ2v) is 8.62. The van der Waals surface area contributed by atoms with Gasteiger partial charge in [-0.05, 0) is 36.6 Å². The van der Waals surface area contributed by atoms with Crippen LogP contribution in [0.3, 0.4) is 0 Å². The number of likely N-dealkylation sites (N-methyl/N-ethyl adjacent to an activating group) is 1. The summed E-state index contributed by atoms with van der Waals surface area (Å²) in [5, 5.41) is 3.83.